The highest BCUT2D eigenvalue weighted by Crippen LogP contribution is 2.51. The van der Waals surface area contributed by atoms with E-state index in [0.29, 0.717) is 0 Å². The molecule has 0 bridgehead atoms. The van der Waals surface area contributed by atoms with Crippen molar-refractivity contribution in [3.05, 3.63) is 102 Å². The Morgan fingerprint density at radius 3 is 2.17 bits per heavy atom. The zero-order valence-electron chi connectivity index (χ0n) is 17.0. The molecule has 140 valence electrons. The summed E-state index contributed by atoms with van der Waals surface area (Å²) in [6.07, 6.45) is 0. The predicted octanol–water partition coefficient (Wildman–Crippen LogP) is 7.40. The van der Waals surface area contributed by atoms with Gasteiger partial charge in [-0.3, -0.25) is 0 Å². The van der Waals surface area contributed by atoms with Crippen molar-refractivity contribution < 1.29 is 0 Å². The first-order valence-electron chi connectivity index (χ1n) is 10.3. The predicted molar refractivity (Wildman–Crippen MR) is 123 cm³/mol. The van der Waals surface area contributed by atoms with Crippen molar-refractivity contribution in [2.24, 2.45) is 0 Å². The van der Waals surface area contributed by atoms with E-state index in [9.17, 15) is 0 Å². The molecule has 0 saturated heterocycles. The highest BCUT2D eigenvalue weighted by Gasteiger charge is 2.36. The van der Waals surface area contributed by atoms with Crippen LogP contribution in [-0.4, -0.2) is 4.57 Å². The number of hydrogen-bond donors (Lipinski definition) is 0. The Morgan fingerprint density at radius 2 is 1.34 bits per heavy atom. The Morgan fingerprint density at radius 1 is 0.621 bits per heavy atom. The molecule has 0 spiro atoms. The largest absolute Gasteiger partial charge is 0.309 e. The summed E-state index contributed by atoms with van der Waals surface area (Å²) < 4.78 is 2.41. The van der Waals surface area contributed by atoms with Gasteiger partial charge in [0.2, 0.25) is 0 Å². The summed E-state index contributed by atoms with van der Waals surface area (Å²) in [6.45, 7) is 6.91. The molecular formula is C28H23N. The first-order valence-corrected chi connectivity index (χ1v) is 10.3. The van der Waals surface area contributed by atoms with Gasteiger partial charge in [-0.15, -0.1) is 0 Å². The summed E-state index contributed by atoms with van der Waals surface area (Å²) in [6, 6.07) is 31.2. The summed E-state index contributed by atoms with van der Waals surface area (Å²) in [4.78, 5) is 0. The van der Waals surface area contributed by atoms with Crippen molar-refractivity contribution in [3.63, 3.8) is 0 Å². The average Bonchev–Trinajstić information content (AvgIpc) is 3.17. The van der Waals surface area contributed by atoms with Gasteiger partial charge in [0.25, 0.3) is 0 Å². The van der Waals surface area contributed by atoms with E-state index in [2.05, 4.69) is 110 Å². The first kappa shape index (κ1) is 16.6. The molecule has 0 amide bonds. The number of benzene rings is 4. The molecule has 0 saturated carbocycles. The molecule has 6 rings (SSSR count). The Labute approximate surface area is 171 Å². The lowest BCUT2D eigenvalue weighted by Gasteiger charge is -2.22. The van der Waals surface area contributed by atoms with Crippen LogP contribution in [0, 0.1) is 6.92 Å². The van der Waals surface area contributed by atoms with Crippen LogP contribution in [0.4, 0.5) is 0 Å². The third-order valence-corrected chi connectivity index (χ3v) is 6.64. The van der Waals surface area contributed by atoms with Gasteiger partial charge in [-0.25, -0.2) is 0 Å². The molecule has 1 heterocycles. The van der Waals surface area contributed by atoms with E-state index in [1.165, 1.54) is 55.3 Å². The molecule has 0 aliphatic heterocycles. The van der Waals surface area contributed by atoms with E-state index in [-0.39, 0.29) is 5.41 Å². The highest BCUT2D eigenvalue weighted by molar-refractivity contribution is 6.11. The Kier molecular flexibility index (Phi) is 3.21. The molecule has 0 radical (unpaired) electrons. The maximum absolute atomic E-state index is 2.45. The smallest absolute Gasteiger partial charge is 0.0547 e. The van der Waals surface area contributed by atoms with Gasteiger partial charge in [-0.1, -0.05) is 74.0 Å². The van der Waals surface area contributed by atoms with Crippen LogP contribution in [0.25, 0.3) is 38.6 Å². The molecule has 29 heavy (non-hydrogen) atoms. The van der Waals surface area contributed by atoms with Crippen molar-refractivity contribution in [1.29, 1.82) is 0 Å². The topological polar surface area (TPSA) is 4.93 Å². The Balaban J connectivity index is 1.78. The minimum Gasteiger partial charge on any atom is -0.309 e. The second kappa shape index (κ2) is 5.61. The van der Waals surface area contributed by atoms with Crippen LogP contribution < -0.4 is 0 Å². The molecule has 1 nitrogen and oxygen atoms in total. The maximum Gasteiger partial charge on any atom is 0.0547 e. The molecule has 0 fully saturated rings. The number of nitrogens with zero attached hydrogens (tertiary/aromatic N) is 1. The standard InChI is InChI=1S/C28H23N/c1-18-13-14-20-22-17-27-23(16-25(22)28(2,3)24(20)15-18)21-11-7-8-12-26(21)29(27)19-9-5-4-6-10-19/h4-17H,1-3H3. The van der Waals surface area contributed by atoms with Crippen LogP contribution in [0.15, 0.2) is 84.9 Å². The third kappa shape index (κ3) is 2.16. The summed E-state index contributed by atoms with van der Waals surface area (Å²) in [5.41, 5.74) is 10.7. The monoisotopic (exact) mass is 373 g/mol. The molecule has 0 unspecified atom stereocenters. The molecule has 0 N–H and O–H groups in total. The lowest BCUT2D eigenvalue weighted by Crippen LogP contribution is -2.15. The number of aryl methyl sites for hydroxylation is 1. The van der Waals surface area contributed by atoms with Crippen molar-refractivity contribution in [3.8, 4) is 16.8 Å². The van der Waals surface area contributed by atoms with Gasteiger partial charge in [-0.2, -0.15) is 0 Å². The van der Waals surface area contributed by atoms with Crippen molar-refractivity contribution in [2.75, 3.05) is 0 Å². The first-order chi connectivity index (χ1) is 14.1. The quantitative estimate of drug-likeness (QED) is 0.288. The van der Waals surface area contributed by atoms with E-state index in [0.717, 1.165) is 0 Å². The Hall–Kier alpha value is -3.32. The SMILES string of the molecule is Cc1ccc2c(c1)C(C)(C)c1cc3c4ccccc4n(-c4ccccc4)c3cc1-2. The van der Waals surface area contributed by atoms with Gasteiger partial charge < -0.3 is 4.57 Å². The number of aromatic nitrogens is 1. The van der Waals surface area contributed by atoms with Crippen LogP contribution >= 0.6 is 0 Å². The maximum atomic E-state index is 2.45. The van der Waals surface area contributed by atoms with Gasteiger partial charge in [0.05, 0.1) is 11.0 Å². The number of fused-ring (bicyclic) bond motifs is 6. The summed E-state index contributed by atoms with van der Waals surface area (Å²) in [7, 11) is 0. The molecule has 1 heteroatoms. The fourth-order valence-electron chi connectivity index (χ4n) is 5.17. The molecular weight excluding hydrogens is 350 g/mol. The summed E-state index contributed by atoms with van der Waals surface area (Å²) >= 11 is 0. The van der Waals surface area contributed by atoms with E-state index >= 15 is 0 Å². The van der Waals surface area contributed by atoms with Crippen LogP contribution in [0.1, 0.15) is 30.5 Å². The minimum atomic E-state index is 0.0147. The van der Waals surface area contributed by atoms with E-state index in [1.807, 2.05) is 0 Å². The Bertz CT molecular complexity index is 1420. The second-order valence-corrected chi connectivity index (χ2v) is 8.78. The van der Waals surface area contributed by atoms with Crippen LogP contribution in [-0.2, 0) is 5.41 Å². The van der Waals surface area contributed by atoms with Gasteiger partial charge in [0, 0.05) is 21.9 Å². The lowest BCUT2D eigenvalue weighted by molar-refractivity contribution is 0.660. The second-order valence-electron chi connectivity index (χ2n) is 8.78. The summed E-state index contributed by atoms with van der Waals surface area (Å²) in [5.74, 6) is 0. The molecule has 1 aromatic heterocycles. The molecule has 1 aliphatic rings. The van der Waals surface area contributed by atoms with Crippen LogP contribution in [0.2, 0.25) is 0 Å². The zero-order valence-corrected chi connectivity index (χ0v) is 17.0. The van der Waals surface area contributed by atoms with Crippen LogP contribution in [0.5, 0.6) is 0 Å². The zero-order chi connectivity index (χ0) is 19.8. The highest BCUT2D eigenvalue weighted by atomic mass is 15.0. The fraction of sp³-hybridized carbons (Fsp3) is 0.143. The van der Waals surface area contributed by atoms with E-state index in [4.69, 9.17) is 0 Å². The molecule has 0 atom stereocenters. The fourth-order valence-corrected chi connectivity index (χ4v) is 5.17. The molecule has 4 aromatic carbocycles. The van der Waals surface area contributed by atoms with Gasteiger partial charge in [0.15, 0.2) is 0 Å². The van der Waals surface area contributed by atoms with E-state index in [1.54, 1.807) is 0 Å². The van der Waals surface area contributed by atoms with Crippen molar-refractivity contribution in [1.82, 2.24) is 4.57 Å². The van der Waals surface area contributed by atoms with Gasteiger partial charge in [0.1, 0.15) is 0 Å². The van der Waals surface area contributed by atoms with Crippen molar-refractivity contribution in [2.45, 2.75) is 26.2 Å². The number of rotatable bonds is 1. The number of para-hydroxylation sites is 2. The lowest BCUT2D eigenvalue weighted by atomic mass is 9.81. The number of hydrogen-bond acceptors (Lipinski definition) is 0. The third-order valence-electron chi connectivity index (χ3n) is 6.64. The normalized spacial score (nSPS) is 14.3. The minimum absolute atomic E-state index is 0.0147. The van der Waals surface area contributed by atoms with Gasteiger partial charge in [-0.05, 0) is 59.5 Å². The summed E-state index contributed by atoms with van der Waals surface area (Å²) in [5, 5.41) is 2.65. The van der Waals surface area contributed by atoms with Crippen LogP contribution in [0.3, 0.4) is 0 Å². The van der Waals surface area contributed by atoms with Crippen molar-refractivity contribution >= 4 is 21.8 Å². The molecule has 5 aromatic rings. The average molecular weight is 373 g/mol. The van der Waals surface area contributed by atoms with E-state index < -0.39 is 0 Å². The van der Waals surface area contributed by atoms with Gasteiger partial charge >= 0.3 is 0 Å². The molecule has 1 aliphatic carbocycles.